The summed E-state index contributed by atoms with van der Waals surface area (Å²) in [4.78, 5) is 14.3. The van der Waals surface area contributed by atoms with Crippen molar-refractivity contribution in [3.63, 3.8) is 0 Å². The lowest BCUT2D eigenvalue weighted by atomic mass is 9.91. The van der Waals surface area contributed by atoms with Crippen LogP contribution in [0.1, 0.15) is 25.7 Å². The Labute approximate surface area is 146 Å². The Bertz CT molecular complexity index is 942. The molecule has 7 nitrogen and oxygen atoms in total. The van der Waals surface area contributed by atoms with Crippen molar-refractivity contribution in [1.29, 1.82) is 0 Å². The molecule has 1 aliphatic carbocycles. The largest absolute Gasteiger partial charge is 0.419 e. The maximum absolute atomic E-state index is 13.1. The molecule has 0 atom stereocenters. The Morgan fingerprint density at radius 3 is 2.60 bits per heavy atom. The number of nitrogens with zero attached hydrogens (tertiary/aromatic N) is 3. The van der Waals surface area contributed by atoms with E-state index in [1.807, 2.05) is 0 Å². The summed E-state index contributed by atoms with van der Waals surface area (Å²) in [7, 11) is -2.00. The average Bonchev–Trinajstić information content (AvgIpc) is 2.72. The van der Waals surface area contributed by atoms with Crippen LogP contribution in [0, 0.1) is 0 Å². The smallest absolute Gasteiger partial charge is 0.408 e. The van der Waals surface area contributed by atoms with Crippen molar-refractivity contribution in [2.45, 2.75) is 36.6 Å². The third-order valence-corrected chi connectivity index (χ3v) is 7.38. The van der Waals surface area contributed by atoms with Crippen molar-refractivity contribution in [1.82, 2.24) is 13.8 Å². The van der Waals surface area contributed by atoms with Gasteiger partial charge in [0.05, 0.1) is 10.4 Å². The highest BCUT2D eigenvalue weighted by atomic mass is 32.2. The number of benzene rings is 1. The lowest BCUT2D eigenvalue weighted by Gasteiger charge is -2.36. The van der Waals surface area contributed by atoms with Gasteiger partial charge in [0, 0.05) is 32.7 Å². The maximum atomic E-state index is 13.1. The van der Waals surface area contributed by atoms with Crippen molar-refractivity contribution >= 4 is 21.1 Å². The first-order valence-corrected chi connectivity index (χ1v) is 10.2. The van der Waals surface area contributed by atoms with Gasteiger partial charge in [-0.15, -0.1) is 0 Å². The number of sulfonamides is 1. The van der Waals surface area contributed by atoms with E-state index in [1.54, 1.807) is 17.4 Å². The standard InChI is InChI=1S/C17H23N3O4S/c1-18-15-12-14(6-7-16(15)24-17(18)21)25(22,23)20-9-3-8-19(10-11-20)13-4-2-5-13/h6-7,12-13H,2-5,8-11H2,1H3. The fourth-order valence-corrected chi connectivity index (χ4v) is 5.18. The normalized spacial score (nSPS) is 21.3. The number of aromatic nitrogens is 1. The summed E-state index contributed by atoms with van der Waals surface area (Å²) in [5.41, 5.74) is 0.899. The molecule has 2 fully saturated rings. The highest BCUT2D eigenvalue weighted by Gasteiger charge is 2.31. The average molecular weight is 365 g/mol. The lowest BCUT2D eigenvalue weighted by molar-refractivity contribution is 0.134. The van der Waals surface area contributed by atoms with Crippen LogP contribution in [0.15, 0.2) is 32.3 Å². The topological polar surface area (TPSA) is 75.8 Å². The second-order valence-corrected chi connectivity index (χ2v) is 8.87. The SMILES string of the molecule is Cn1c(=O)oc2ccc(S(=O)(=O)N3CCCN(C4CCC4)CC3)cc21. The summed E-state index contributed by atoms with van der Waals surface area (Å²) < 4.78 is 34.1. The number of aryl methyl sites for hydroxylation is 1. The molecule has 0 unspecified atom stereocenters. The monoisotopic (exact) mass is 365 g/mol. The Morgan fingerprint density at radius 1 is 1.08 bits per heavy atom. The minimum Gasteiger partial charge on any atom is -0.408 e. The van der Waals surface area contributed by atoms with Gasteiger partial charge in [0.2, 0.25) is 10.0 Å². The number of fused-ring (bicyclic) bond motifs is 1. The zero-order chi connectivity index (χ0) is 17.6. The van der Waals surface area contributed by atoms with Gasteiger partial charge in [0.15, 0.2) is 5.58 Å². The Hall–Kier alpha value is -1.64. The molecule has 136 valence electrons. The summed E-state index contributed by atoms with van der Waals surface area (Å²) in [6, 6.07) is 5.25. The van der Waals surface area contributed by atoms with E-state index in [1.165, 1.54) is 36.0 Å². The van der Waals surface area contributed by atoms with Gasteiger partial charge < -0.3 is 4.42 Å². The molecule has 0 radical (unpaired) electrons. The summed E-state index contributed by atoms with van der Waals surface area (Å²) >= 11 is 0. The Morgan fingerprint density at radius 2 is 1.88 bits per heavy atom. The zero-order valence-corrected chi connectivity index (χ0v) is 15.2. The van der Waals surface area contributed by atoms with Crippen molar-refractivity contribution in [2.75, 3.05) is 26.2 Å². The molecule has 8 heteroatoms. The molecule has 2 heterocycles. The number of oxazole rings is 1. The van der Waals surface area contributed by atoms with Crippen LogP contribution in [0.25, 0.3) is 11.1 Å². The van der Waals surface area contributed by atoms with Gasteiger partial charge in [-0.25, -0.2) is 13.2 Å². The summed E-state index contributed by atoms with van der Waals surface area (Å²) in [6.07, 6.45) is 4.60. The molecule has 1 aromatic heterocycles. The molecular formula is C17H23N3O4S. The highest BCUT2D eigenvalue weighted by Crippen LogP contribution is 2.27. The first-order chi connectivity index (χ1) is 12.0. The quantitative estimate of drug-likeness (QED) is 0.821. The predicted molar refractivity (Wildman–Crippen MR) is 94.0 cm³/mol. The number of hydrogen-bond donors (Lipinski definition) is 0. The van der Waals surface area contributed by atoms with Crippen LogP contribution >= 0.6 is 0 Å². The van der Waals surface area contributed by atoms with E-state index in [0.717, 1.165) is 19.5 Å². The molecule has 1 saturated heterocycles. The summed E-state index contributed by atoms with van der Waals surface area (Å²) in [5.74, 6) is -0.490. The number of rotatable bonds is 3. The molecule has 0 spiro atoms. The number of hydrogen-bond acceptors (Lipinski definition) is 5. The third kappa shape index (κ3) is 2.92. The van der Waals surface area contributed by atoms with E-state index in [2.05, 4.69) is 4.90 Å². The predicted octanol–water partition coefficient (Wildman–Crippen LogP) is 1.38. The first-order valence-electron chi connectivity index (χ1n) is 8.80. The van der Waals surface area contributed by atoms with E-state index >= 15 is 0 Å². The second-order valence-electron chi connectivity index (χ2n) is 6.93. The van der Waals surface area contributed by atoms with E-state index in [9.17, 15) is 13.2 Å². The molecule has 0 bridgehead atoms. The van der Waals surface area contributed by atoms with Crippen LogP contribution in [0.2, 0.25) is 0 Å². The minimum absolute atomic E-state index is 0.216. The molecule has 0 N–H and O–H groups in total. The van der Waals surface area contributed by atoms with E-state index in [0.29, 0.717) is 30.2 Å². The van der Waals surface area contributed by atoms with Crippen LogP contribution in [0.3, 0.4) is 0 Å². The molecule has 1 saturated carbocycles. The van der Waals surface area contributed by atoms with Crippen molar-refractivity contribution in [3.05, 3.63) is 28.7 Å². The van der Waals surface area contributed by atoms with E-state index in [4.69, 9.17) is 4.42 Å². The molecular weight excluding hydrogens is 342 g/mol. The van der Waals surface area contributed by atoms with Gasteiger partial charge in [-0.2, -0.15) is 4.31 Å². The van der Waals surface area contributed by atoms with Crippen molar-refractivity contribution in [3.8, 4) is 0 Å². The van der Waals surface area contributed by atoms with Crippen molar-refractivity contribution < 1.29 is 12.8 Å². The molecule has 1 aliphatic heterocycles. The molecule has 2 aromatic rings. The minimum atomic E-state index is -3.57. The zero-order valence-electron chi connectivity index (χ0n) is 14.3. The van der Waals surface area contributed by atoms with Gasteiger partial charge in [-0.1, -0.05) is 6.42 Å². The van der Waals surface area contributed by atoms with Crippen LogP contribution in [-0.4, -0.2) is 54.4 Å². The van der Waals surface area contributed by atoms with Crippen molar-refractivity contribution in [2.24, 2.45) is 7.05 Å². The maximum Gasteiger partial charge on any atom is 0.419 e. The fourth-order valence-electron chi connectivity index (χ4n) is 3.69. The van der Waals surface area contributed by atoms with Gasteiger partial charge in [-0.05, 0) is 44.0 Å². The van der Waals surface area contributed by atoms with Crippen LogP contribution < -0.4 is 5.76 Å². The first kappa shape index (κ1) is 16.8. The van der Waals surface area contributed by atoms with Gasteiger partial charge in [0.25, 0.3) is 0 Å². The molecule has 1 aromatic carbocycles. The summed E-state index contributed by atoms with van der Waals surface area (Å²) in [5, 5.41) is 0. The van der Waals surface area contributed by atoms with Crippen LogP contribution in [0.4, 0.5) is 0 Å². The molecule has 0 amide bonds. The van der Waals surface area contributed by atoms with Gasteiger partial charge in [-0.3, -0.25) is 9.47 Å². The lowest BCUT2D eigenvalue weighted by Crippen LogP contribution is -2.42. The van der Waals surface area contributed by atoms with E-state index in [-0.39, 0.29) is 4.90 Å². The van der Waals surface area contributed by atoms with Gasteiger partial charge >= 0.3 is 5.76 Å². The highest BCUT2D eigenvalue weighted by molar-refractivity contribution is 7.89. The third-order valence-electron chi connectivity index (χ3n) is 5.48. The van der Waals surface area contributed by atoms with Crippen LogP contribution in [-0.2, 0) is 17.1 Å². The van der Waals surface area contributed by atoms with Crippen LogP contribution in [0.5, 0.6) is 0 Å². The second kappa shape index (κ2) is 6.26. The molecule has 25 heavy (non-hydrogen) atoms. The van der Waals surface area contributed by atoms with E-state index < -0.39 is 15.8 Å². The fraction of sp³-hybridized carbons (Fsp3) is 0.588. The molecule has 2 aliphatic rings. The molecule has 4 rings (SSSR count). The summed E-state index contributed by atoms with van der Waals surface area (Å²) in [6.45, 7) is 2.80. The Kier molecular flexibility index (Phi) is 4.21. The Balaban J connectivity index is 1.60. The van der Waals surface area contributed by atoms with Gasteiger partial charge in [0.1, 0.15) is 0 Å².